The normalized spacial score (nSPS) is 22.1. The van der Waals surface area contributed by atoms with Gasteiger partial charge >= 0.3 is 0 Å². The Balaban J connectivity index is 2.30. The van der Waals surface area contributed by atoms with Crippen molar-refractivity contribution in [3.05, 3.63) is 24.3 Å². The van der Waals surface area contributed by atoms with Crippen LogP contribution in [0.5, 0.6) is 0 Å². The maximum Gasteiger partial charge on any atom is 0.171 e. The molecule has 2 unspecified atom stereocenters. The van der Waals surface area contributed by atoms with Crippen LogP contribution < -0.4 is 9.62 Å². The SMILES string of the molecule is CNS(=O)C1Sc2ccccc2N1C. The van der Waals surface area contributed by atoms with Crippen LogP contribution in [0.2, 0.25) is 0 Å². The van der Waals surface area contributed by atoms with Crippen molar-refractivity contribution in [2.24, 2.45) is 0 Å². The lowest BCUT2D eigenvalue weighted by Crippen LogP contribution is -2.34. The molecule has 76 valence electrons. The second kappa shape index (κ2) is 3.92. The standard InChI is InChI=1S/C9H12N2OS2/c1-10-14(12)9-11(2)7-5-3-4-6-8(7)13-9/h3-6,9-10H,1-2H3. The monoisotopic (exact) mass is 228 g/mol. The Labute approximate surface area is 90.5 Å². The van der Waals surface area contributed by atoms with Crippen molar-refractivity contribution >= 4 is 28.4 Å². The molecule has 0 amide bonds. The number of benzene rings is 1. The molecule has 3 nitrogen and oxygen atoms in total. The summed E-state index contributed by atoms with van der Waals surface area (Å²) in [6, 6.07) is 8.11. The Morgan fingerprint density at radius 2 is 2.21 bits per heavy atom. The Morgan fingerprint density at radius 3 is 2.86 bits per heavy atom. The minimum absolute atomic E-state index is 0.0163. The van der Waals surface area contributed by atoms with Gasteiger partial charge in [-0.25, -0.2) is 8.93 Å². The van der Waals surface area contributed by atoms with E-state index in [9.17, 15) is 4.21 Å². The number of hydrogen-bond acceptors (Lipinski definition) is 3. The van der Waals surface area contributed by atoms with Crippen molar-refractivity contribution in [2.45, 2.75) is 9.60 Å². The molecule has 1 heterocycles. The van der Waals surface area contributed by atoms with Crippen molar-refractivity contribution in [2.75, 3.05) is 19.0 Å². The van der Waals surface area contributed by atoms with Gasteiger partial charge in [-0.1, -0.05) is 23.9 Å². The molecule has 2 atom stereocenters. The maximum atomic E-state index is 11.6. The quantitative estimate of drug-likeness (QED) is 0.830. The van der Waals surface area contributed by atoms with E-state index < -0.39 is 11.0 Å². The predicted molar refractivity (Wildman–Crippen MR) is 61.7 cm³/mol. The molecule has 2 rings (SSSR count). The van der Waals surface area contributed by atoms with E-state index in [1.165, 1.54) is 4.90 Å². The first-order valence-electron chi connectivity index (χ1n) is 4.30. The van der Waals surface area contributed by atoms with E-state index in [1.54, 1.807) is 18.8 Å². The summed E-state index contributed by atoms with van der Waals surface area (Å²) in [6.45, 7) is 0. The number of rotatable bonds is 2. The second-order valence-electron chi connectivity index (χ2n) is 3.01. The number of para-hydroxylation sites is 1. The summed E-state index contributed by atoms with van der Waals surface area (Å²) in [5.41, 5.74) is 1.16. The molecule has 0 saturated heterocycles. The fourth-order valence-electron chi connectivity index (χ4n) is 1.44. The first-order valence-corrected chi connectivity index (χ1v) is 6.40. The Bertz CT molecular complexity index is 370. The number of fused-ring (bicyclic) bond motifs is 1. The van der Waals surface area contributed by atoms with Gasteiger partial charge in [-0.2, -0.15) is 0 Å². The third-order valence-electron chi connectivity index (χ3n) is 2.17. The number of thioether (sulfide) groups is 1. The van der Waals surface area contributed by atoms with E-state index in [4.69, 9.17) is 0 Å². The molecule has 0 fully saturated rings. The van der Waals surface area contributed by atoms with Crippen LogP contribution in [0.4, 0.5) is 5.69 Å². The molecule has 1 aliphatic heterocycles. The summed E-state index contributed by atoms with van der Waals surface area (Å²) in [5, 5.41) is 0. The van der Waals surface area contributed by atoms with Gasteiger partial charge in [0.05, 0.1) is 5.69 Å². The minimum atomic E-state index is -1.02. The van der Waals surface area contributed by atoms with Crippen molar-refractivity contribution < 1.29 is 4.21 Å². The molecule has 0 aliphatic carbocycles. The zero-order valence-corrected chi connectivity index (χ0v) is 9.69. The van der Waals surface area contributed by atoms with Crippen LogP contribution in [-0.4, -0.2) is 23.0 Å². The summed E-state index contributed by atoms with van der Waals surface area (Å²) < 4.78 is 14.4. The topological polar surface area (TPSA) is 32.3 Å². The van der Waals surface area contributed by atoms with Crippen LogP contribution >= 0.6 is 11.8 Å². The Morgan fingerprint density at radius 1 is 1.50 bits per heavy atom. The highest BCUT2D eigenvalue weighted by atomic mass is 32.2. The second-order valence-corrected chi connectivity index (χ2v) is 5.88. The summed E-state index contributed by atoms with van der Waals surface area (Å²) in [7, 11) is 2.67. The van der Waals surface area contributed by atoms with E-state index in [-0.39, 0.29) is 4.71 Å². The van der Waals surface area contributed by atoms with Gasteiger partial charge in [-0.05, 0) is 19.2 Å². The largest absolute Gasteiger partial charge is 0.350 e. The molecule has 5 heteroatoms. The summed E-state index contributed by atoms with van der Waals surface area (Å²) >= 11 is 1.64. The predicted octanol–water partition coefficient (Wildman–Crippen LogP) is 1.40. The Kier molecular flexibility index (Phi) is 2.80. The molecule has 14 heavy (non-hydrogen) atoms. The lowest BCUT2D eigenvalue weighted by atomic mass is 10.3. The molecule has 1 aliphatic rings. The molecule has 0 saturated carbocycles. The molecule has 0 bridgehead atoms. The average Bonchev–Trinajstić information content (AvgIpc) is 2.56. The molecular formula is C9H12N2OS2. The van der Waals surface area contributed by atoms with Gasteiger partial charge in [0.2, 0.25) is 0 Å². The molecule has 0 spiro atoms. The van der Waals surface area contributed by atoms with Crippen LogP contribution in [0.1, 0.15) is 0 Å². The van der Waals surface area contributed by atoms with Gasteiger partial charge in [-0.15, -0.1) is 0 Å². The smallest absolute Gasteiger partial charge is 0.171 e. The van der Waals surface area contributed by atoms with Gasteiger partial charge in [-0.3, -0.25) is 0 Å². The summed E-state index contributed by atoms with van der Waals surface area (Å²) in [4.78, 5) is 3.25. The van der Waals surface area contributed by atoms with Gasteiger partial charge < -0.3 is 4.90 Å². The van der Waals surface area contributed by atoms with E-state index in [0.717, 1.165) is 5.69 Å². The highest BCUT2D eigenvalue weighted by molar-refractivity contribution is 8.11. The third kappa shape index (κ3) is 1.55. The highest BCUT2D eigenvalue weighted by Gasteiger charge is 2.30. The summed E-state index contributed by atoms with van der Waals surface area (Å²) in [6.07, 6.45) is 0. The number of nitrogens with zero attached hydrogens (tertiary/aromatic N) is 1. The van der Waals surface area contributed by atoms with E-state index in [0.29, 0.717) is 0 Å². The van der Waals surface area contributed by atoms with E-state index >= 15 is 0 Å². The van der Waals surface area contributed by atoms with Crippen molar-refractivity contribution in [3.8, 4) is 0 Å². The van der Waals surface area contributed by atoms with Gasteiger partial charge in [0.25, 0.3) is 0 Å². The van der Waals surface area contributed by atoms with Crippen molar-refractivity contribution in [1.29, 1.82) is 0 Å². The number of anilines is 1. The molecule has 1 N–H and O–H groups in total. The van der Waals surface area contributed by atoms with Crippen LogP contribution in [0.3, 0.4) is 0 Å². The van der Waals surface area contributed by atoms with E-state index in [2.05, 4.69) is 16.9 Å². The fourth-order valence-corrected chi connectivity index (χ4v) is 3.97. The minimum Gasteiger partial charge on any atom is -0.350 e. The van der Waals surface area contributed by atoms with Gasteiger partial charge in [0, 0.05) is 11.9 Å². The average molecular weight is 228 g/mol. The first-order chi connectivity index (χ1) is 6.74. The zero-order valence-electron chi connectivity index (χ0n) is 8.06. The van der Waals surface area contributed by atoms with Crippen LogP contribution in [0, 0.1) is 0 Å². The third-order valence-corrected chi connectivity index (χ3v) is 5.19. The molecular weight excluding hydrogens is 216 g/mol. The fraction of sp³-hybridized carbons (Fsp3) is 0.333. The zero-order chi connectivity index (χ0) is 10.1. The van der Waals surface area contributed by atoms with Crippen LogP contribution in [-0.2, 0) is 11.0 Å². The van der Waals surface area contributed by atoms with Crippen LogP contribution in [0.25, 0.3) is 0 Å². The number of hydrogen-bond donors (Lipinski definition) is 1. The number of nitrogens with one attached hydrogen (secondary N) is 1. The molecule has 1 aromatic carbocycles. The van der Waals surface area contributed by atoms with Crippen molar-refractivity contribution in [3.63, 3.8) is 0 Å². The van der Waals surface area contributed by atoms with Gasteiger partial charge in [0.1, 0.15) is 11.0 Å². The highest BCUT2D eigenvalue weighted by Crippen LogP contribution is 2.42. The molecule has 0 radical (unpaired) electrons. The summed E-state index contributed by atoms with van der Waals surface area (Å²) in [5.74, 6) is 0. The maximum absolute atomic E-state index is 11.6. The van der Waals surface area contributed by atoms with Crippen LogP contribution in [0.15, 0.2) is 29.2 Å². The molecule has 0 aromatic heterocycles. The van der Waals surface area contributed by atoms with Crippen molar-refractivity contribution in [1.82, 2.24) is 4.72 Å². The lowest BCUT2D eigenvalue weighted by molar-refractivity contribution is 0.675. The molecule has 1 aromatic rings. The Hall–Kier alpha value is -0.520. The first kappa shape index (κ1) is 10.0. The van der Waals surface area contributed by atoms with E-state index in [1.807, 2.05) is 24.1 Å². The lowest BCUT2D eigenvalue weighted by Gasteiger charge is -2.19. The van der Waals surface area contributed by atoms with Gasteiger partial charge in [0.15, 0.2) is 4.71 Å².